The van der Waals surface area contributed by atoms with E-state index in [2.05, 4.69) is 16.4 Å². The van der Waals surface area contributed by atoms with Crippen LogP contribution in [0.25, 0.3) is 10.8 Å². The van der Waals surface area contributed by atoms with Crippen molar-refractivity contribution >= 4 is 39.9 Å². The lowest BCUT2D eigenvalue weighted by atomic mass is 9.95. The highest BCUT2D eigenvalue weighted by Crippen LogP contribution is 2.35. The first kappa shape index (κ1) is 19.9. The lowest BCUT2D eigenvalue weighted by Gasteiger charge is -2.22. The van der Waals surface area contributed by atoms with Crippen LogP contribution in [0.2, 0.25) is 10.0 Å². The number of carbonyl (C=O) groups excluding carboxylic acids is 1. The van der Waals surface area contributed by atoms with Crippen LogP contribution in [0.4, 0.5) is 0 Å². The predicted molar refractivity (Wildman–Crippen MR) is 123 cm³/mol. The normalized spacial score (nSPS) is 13.5. The van der Waals surface area contributed by atoms with E-state index in [4.69, 9.17) is 27.9 Å². The number of nitrogens with one attached hydrogen (secondary N) is 1. The van der Waals surface area contributed by atoms with Crippen LogP contribution in [0.1, 0.15) is 33.1 Å². The number of carbonyl (C=O) groups is 1. The quantitative estimate of drug-likeness (QED) is 0.416. The third-order valence-electron chi connectivity index (χ3n) is 5.50. The highest BCUT2D eigenvalue weighted by molar-refractivity contribution is 6.33. The maximum Gasteiger partial charge on any atom is 0.254 e. The average Bonchev–Trinajstić information content (AvgIpc) is 3.26. The van der Waals surface area contributed by atoms with E-state index >= 15 is 0 Å². The van der Waals surface area contributed by atoms with Crippen LogP contribution in [-0.2, 0) is 6.42 Å². The summed E-state index contributed by atoms with van der Waals surface area (Å²) in [6, 6.07) is 18.4. The standard InChI is InChI=1S/C25H18Cl2N2O2/c26-18-6-7-22(27)20(12-18)24(16-5-8-23-15(11-16)9-10-31-23)29-25(30)21-14-28-13-17-3-1-2-4-19(17)21/h1-8,11-14,24H,9-10H2,(H,29,30). The van der Waals surface area contributed by atoms with Crippen molar-refractivity contribution in [2.75, 3.05) is 6.61 Å². The summed E-state index contributed by atoms with van der Waals surface area (Å²) in [5, 5.41) is 5.98. The van der Waals surface area contributed by atoms with E-state index in [0.717, 1.165) is 39.6 Å². The van der Waals surface area contributed by atoms with Crippen LogP contribution in [0.3, 0.4) is 0 Å². The van der Waals surface area contributed by atoms with Gasteiger partial charge in [0.2, 0.25) is 0 Å². The third kappa shape index (κ3) is 3.85. The van der Waals surface area contributed by atoms with Gasteiger partial charge in [-0.05, 0) is 52.4 Å². The number of aromatic nitrogens is 1. The van der Waals surface area contributed by atoms with Gasteiger partial charge in [0.25, 0.3) is 5.91 Å². The van der Waals surface area contributed by atoms with Gasteiger partial charge in [-0.2, -0.15) is 0 Å². The van der Waals surface area contributed by atoms with E-state index in [0.29, 0.717) is 22.2 Å². The third-order valence-corrected chi connectivity index (χ3v) is 6.08. The minimum absolute atomic E-state index is 0.234. The number of benzene rings is 3. The monoisotopic (exact) mass is 448 g/mol. The Morgan fingerprint density at radius 3 is 2.81 bits per heavy atom. The highest BCUT2D eigenvalue weighted by Gasteiger charge is 2.24. The fourth-order valence-electron chi connectivity index (χ4n) is 3.97. The molecule has 1 aliphatic rings. The molecule has 6 heteroatoms. The Labute approximate surface area is 189 Å². The maximum absolute atomic E-state index is 13.4. The van der Waals surface area contributed by atoms with Gasteiger partial charge < -0.3 is 10.1 Å². The second kappa shape index (κ2) is 8.22. The SMILES string of the molecule is O=C(NC(c1ccc2c(c1)CCO2)c1cc(Cl)ccc1Cl)c1cncc2ccccc12. The molecule has 0 saturated heterocycles. The molecule has 0 radical (unpaired) electrons. The Morgan fingerprint density at radius 1 is 1.03 bits per heavy atom. The van der Waals surface area contributed by atoms with E-state index in [1.54, 1.807) is 30.6 Å². The number of halogens is 2. The average molecular weight is 449 g/mol. The molecule has 0 aliphatic carbocycles. The molecule has 1 N–H and O–H groups in total. The molecule has 4 aromatic rings. The Kier molecular flexibility index (Phi) is 5.26. The van der Waals surface area contributed by atoms with Crippen molar-refractivity contribution in [3.63, 3.8) is 0 Å². The van der Waals surface area contributed by atoms with Crippen molar-refractivity contribution in [3.05, 3.63) is 105 Å². The van der Waals surface area contributed by atoms with Gasteiger partial charge in [-0.15, -0.1) is 0 Å². The molecule has 1 atom stereocenters. The zero-order valence-corrected chi connectivity index (χ0v) is 18.0. The van der Waals surface area contributed by atoms with Gasteiger partial charge in [-0.25, -0.2) is 0 Å². The fraction of sp³-hybridized carbons (Fsp3) is 0.120. The van der Waals surface area contributed by atoms with Gasteiger partial charge in [0.05, 0.1) is 18.2 Å². The van der Waals surface area contributed by atoms with Crippen LogP contribution < -0.4 is 10.1 Å². The minimum atomic E-state index is -0.483. The molecule has 3 aromatic carbocycles. The molecule has 1 unspecified atom stereocenters. The summed E-state index contributed by atoms with van der Waals surface area (Å²) >= 11 is 12.8. The summed E-state index contributed by atoms with van der Waals surface area (Å²) in [6.45, 7) is 0.662. The second-order valence-electron chi connectivity index (χ2n) is 7.45. The van der Waals surface area contributed by atoms with Gasteiger partial charge in [0.1, 0.15) is 5.75 Å². The van der Waals surface area contributed by atoms with E-state index in [1.165, 1.54) is 0 Å². The predicted octanol–water partition coefficient (Wildman–Crippen LogP) is 6.00. The molecule has 1 aliphatic heterocycles. The van der Waals surface area contributed by atoms with E-state index in [1.807, 2.05) is 36.4 Å². The fourth-order valence-corrected chi connectivity index (χ4v) is 4.38. The second-order valence-corrected chi connectivity index (χ2v) is 8.29. The van der Waals surface area contributed by atoms with Crippen LogP contribution in [0.5, 0.6) is 5.75 Å². The lowest BCUT2D eigenvalue weighted by molar-refractivity contribution is 0.0944. The number of rotatable bonds is 4. The first-order valence-corrected chi connectivity index (χ1v) is 10.7. The molecular formula is C25H18Cl2N2O2. The minimum Gasteiger partial charge on any atom is -0.493 e. The zero-order chi connectivity index (χ0) is 21.4. The van der Waals surface area contributed by atoms with Gasteiger partial charge >= 0.3 is 0 Å². The first-order valence-electron chi connectivity index (χ1n) is 9.94. The van der Waals surface area contributed by atoms with Crippen LogP contribution >= 0.6 is 23.2 Å². The van der Waals surface area contributed by atoms with Crippen molar-refractivity contribution < 1.29 is 9.53 Å². The van der Waals surface area contributed by atoms with Crippen molar-refractivity contribution in [2.24, 2.45) is 0 Å². The molecule has 0 bridgehead atoms. The topological polar surface area (TPSA) is 51.2 Å². The molecule has 5 rings (SSSR count). The molecule has 0 spiro atoms. The highest BCUT2D eigenvalue weighted by atomic mass is 35.5. The summed E-state index contributed by atoms with van der Waals surface area (Å²) < 4.78 is 5.64. The molecule has 31 heavy (non-hydrogen) atoms. The molecular weight excluding hydrogens is 431 g/mol. The van der Waals surface area contributed by atoms with E-state index in [-0.39, 0.29) is 5.91 Å². The van der Waals surface area contributed by atoms with Gasteiger partial charge in [-0.1, -0.05) is 53.5 Å². The molecule has 1 aromatic heterocycles. The van der Waals surface area contributed by atoms with Crippen molar-refractivity contribution in [2.45, 2.75) is 12.5 Å². The van der Waals surface area contributed by atoms with E-state index < -0.39 is 6.04 Å². The first-order chi connectivity index (χ1) is 15.1. The molecule has 0 saturated carbocycles. The number of hydrogen-bond acceptors (Lipinski definition) is 3. The summed E-state index contributed by atoms with van der Waals surface area (Å²) in [7, 11) is 0. The van der Waals surface area contributed by atoms with Crippen LogP contribution in [0.15, 0.2) is 73.1 Å². The number of pyridine rings is 1. The Balaban J connectivity index is 1.59. The largest absolute Gasteiger partial charge is 0.493 e. The summed E-state index contributed by atoms with van der Waals surface area (Å²) in [4.78, 5) is 17.6. The maximum atomic E-state index is 13.4. The molecule has 2 heterocycles. The summed E-state index contributed by atoms with van der Waals surface area (Å²) in [5.41, 5.74) is 3.26. The smallest absolute Gasteiger partial charge is 0.254 e. The van der Waals surface area contributed by atoms with Crippen LogP contribution in [0, 0.1) is 0 Å². The Hall–Kier alpha value is -3.08. The van der Waals surface area contributed by atoms with Gasteiger partial charge in [0, 0.05) is 34.2 Å². The molecule has 0 fully saturated rings. The number of hydrogen-bond donors (Lipinski definition) is 1. The number of amides is 1. The van der Waals surface area contributed by atoms with E-state index in [9.17, 15) is 4.79 Å². The summed E-state index contributed by atoms with van der Waals surface area (Å²) in [6.07, 6.45) is 4.17. The Bertz CT molecular complexity index is 1300. The van der Waals surface area contributed by atoms with Crippen molar-refractivity contribution in [3.8, 4) is 5.75 Å². The number of fused-ring (bicyclic) bond motifs is 2. The van der Waals surface area contributed by atoms with Gasteiger partial charge in [0.15, 0.2) is 0 Å². The van der Waals surface area contributed by atoms with Gasteiger partial charge in [-0.3, -0.25) is 9.78 Å². The lowest BCUT2D eigenvalue weighted by Crippen LogP contribution is -2.30. The van der Waals surface area contributed by atoms with Crippen molar-refractivity contribution in [1.29, 1.82) is 0 Å². The number of nitrogens with zero attached hydrogens (tertiary/aromatic N) is 1. The van der Waals surface area contributed by atoms with Crippen molar-refractivity contribution in [1.82, 2.24) is 10.3 Å². The Morgan fingerprint density at radius 2 is 1.90 bits per heavy atom. The molecule has 1 amide bonds. The van der Waals surface area contributed by atoms with Crippen LogP contribution in [-0.4, -0.2) is 17.5 Å². The molecule has 4 nitrogen and oxygen atoms in total. The number of ether oxygens (including phenoxy) is 1. The molecule has 154 valence electrons. The zero-order valence-electron chi connectivity index (χ0n) is 16.4. The summed E-state index contributed by atoms with van der Waals surface area (Å²) in [5.74, 6) is 0.645.